The van der Waals surface area contributed by atoms with Gasteiger partial charge in [-0.05, 0) is 49.6 Å². The molecule has 3 N–H and O–H groups in total. The molecule has 4 aromatic rings. The SMILES string of the molecule is Oc1ccc(O)n1CC1CCc2nc(-c3ccc(F)cc3)c(-c3ccnc(NC4CC4)n3)n21. The van der Waals surface area contributed by atoms with Gasteiger partial charge in [0.15, 0.2) is 11.8 Å². The molecule has 0 saturated heterocycles. The number of hydrogen-bond donors (Lipinski definition) is 3. The number of nitrogens with one attached hydrogen (secondary N) is 1. The summed E-state index contributed by atoms with van der Waals surface area (Å²) in [5, 5.41) is 23.7. The number of nitrogens with zero attached hydrogens (tertiary/aromatic N) is 5. The van der Waals surface area contributed by atoms with Crippen LogP contribution in [0.1, 0.15) is 31.1 Å². The van der Waals surface area contributed by atoms with Crippen molar-refractivity contribution in [2.24, 2.45) is 0 Å². The Labute approximate surface area is 189 Å². The van der Waals surface area contributed by atoms with Gasteiger partial charge < -0.3 is 20.1 Å². The maximum absolute atomic E-state index is 13.6. The standard InChI is InChI=1S/C24H23FN6O2/c25-15-3-1-14(2-4-15)22-23(18-11-12-26-24(28-18)27-16-5-6-16)31-17(7-8-19(31)29-22)13-30-20(32)9-10-21(30)33/h1-4,9-12,16-17,32-33H,5-8,13H2,(H,26,27,28). The van der Waals surface area contributed by atoms with Crippen LogP contribution >= 0.6 is 0 Å². The van der Waals surface area contributed by atoms with Crippen molar-refractivity contribution in [3.8, 4) is 34.4 Å². The fourth-order valence-electron chi connectivity index (χ4n) is 4.51. The Morgan fingerprint density at radius 1 is 0.970 bits per heavy atom. The number of rotatable bonds is 6. The second-order valence-corrected chi connectivity index (χ2v) is 8.64. The molecule has 1 aliphatic heterocycles. The van der Waals surface area contributed by atoms with E-state index in [9.17, 15) is 14.6 Å². The van der Waals surface area contributed by atoms with Gasteiger partial charge in [0.1, 0.15) is 11.6 Å². The fourth-order valence-corrected chi connectivity index (χ4v) is 4.51. The molecule has 0 bridgehead atoms. The number of aromatic nitrogens is 5. The van der Waals surface area contributed by atoms with Crippen LogP contribution in [0.4, 0.5) is 10.3 Å². The molecule has 33 heavy (non-hydrogen) atoms. The summed E-state index contributed by atoms with van der Waals surface area (Å²) in [5.41, 5.74) is 3.08. The maximum atomic E-state index is 13.6. The summed E-state index contributed by atoms with van der Waals surface area (Å²) in [6.45, 7) is 0.391. The van der Waals surface area contributed by atoms with Gasteiger partial charge in [-0.2, -0.15) is 0 Å². The second-order valence-electron chi connectivity index (χ2n) is 8.64. The zero-order valence-corrected chi connectivity index (χ0v) is 17.8. The number of halogens is 1. The molecule has 1 unspecified atom stereocenters. The minimum absolute atomic E-state index is 0.0133. The third-order valence-electron chi connectivity index (χ3n) is 6.30. The zero-order chi connectivity index (χ0) is 22.5. The Balaban J connectivity index is 1.48. The van der Waals surface area contributed by atoms with Gasteiger partial charge >= 0.3 is 0 Å². The predicted molar refractivity (Wildman–Crippen MR) is 120 cm³/mol. The molecule has 0 amide bonds. The summed E-state index contributed by atoms with van der Waals surface area (Å²) in [4.78, 5) is 14.1. The van der Waals surface area contributed by atoms with E-state index in [1.165, 1.54) is 28.8 Å². The number of aromatic hydroxyl groups is 2. The molecule has 0 radical (unpaired) electrons. The Morgan fingerprint density at radius 3 is 2.45 bits per heavy atom. The lowest BCUT2D eigenvalue weighted by atomic mass is 10.1. The van der Waals surface area contributed by atoms with Crippen LogP contribution in [-0.4, -0.2) is 40.3 Å². The van der Waals surface area contributed by atoms with Crippen LogP contribution in [0.2, 0.25) is 0 Å². The molecule has 1 fully saturated rings. The highest BCUT2D eigenvalue weighted by Gasteiger charge is 2.32. The highest BCUT2D eigenvalue weighted by molar-refractivity contribution is 5.78. The summed E-state index contributed by atoms with van der Waals surface area (Å²) in [7, 11) is 0. The summed E-state index contributed by atoms with van der Waals surface area (Å²) in [6, 6.07) is 11.5. The second kappa shape index (κ2) is 7.61. The molecular weight excluding hydrogens is 423 g/mol. The van der Waals surface area contributed by atoms with Crippen LogP contribution in [0.5, 0.6) is 11.8 Å². The van der Waals surface area contributed by atoms with Gasteiger partial charge in [-0.1, -0.05) is 0 Å². The van der Waals surface area contributed by atoms with Crippen LogP contribution < -0.4 is 5.32 Å². The van der Waals surface area contributed by atoms with E-state index in [1.54, 1.807) is 18.3 Å². The lowest BCUT2D eigenvalue weighted by Crippen LogP contribution is -2.14. The van der Waals surface area contributed by atoms with Gasteiger partial charge in [0.25, 0.3) is 0 Å². The first-order valence-corrected chi connectivity index (χ1v) is 11.1. The van der Waals surface area contributed by atoms with Crippen molar-refractivity contribution in [1.29, 1.82) is 0 Å². The predicted octanol–water partition coefficient (Wildman–Crippen LogP) is 4.12. The van der Waals surface area contributed by atoms with Crippen LogP contribution in [0, 0.1) is 5.82 Å². The maximum Gasteiger partial charge on any atom is 0.223 e. The minimum Gasteiger partial charge on any atom is -0.494 e. The lowest BCUT2D eigenvalue weighted by molar-refractivity contribution is 0.335. The molecule has 1 saturated carbocycles. The first-order valence-electron chi connectivity index (χ1n) is 11.1. The molecule has 4 heterocycles. The quantitative estimate of drug-likeness (QED) is 0.412. The monoisotopic (exact) mass is 446 g/mol. The number of aryl methyl sites for hydroxylation is 1. The van der Waals surface area contributed by atoms with Crippen molar-refractivity contribution in [2.45, 2.75) is 44.3 Å². The van der Waals surface area contributed by atoms with Crippen LogP contribution in [0.25, 0.3) is 22.6 Å². The molecule has 1 aliphatic carbocycles. The molecule has 168 valence electrons. The third kappa shape index (κ3) is 3.59. The first kappa shape index (κ1) is 19.8. The minimum atomic E-state index is -0.304. The summed E-state index contributed by atoms with van der Waals surface area (Å²) in [6.07, 6.45) is 5.52. The van der Waals surface area contributed by atoms with Gasteiger partial charge in [0.05, 0.1) is 23.1 Å². The van der Waals surface area contributed by atoms with Gasteiger partial charge in [-0.3, -0.25) is 4.57 Å². The van der Waals surface area contributed by atoms with Gasteiger partial charge in [-0.15, -0.1) is 0 Å². The van der Waals surface area contributed by atoms with E-state index in [2.05, 4.69) is 14.9 Å². The largest absolute Gasteiger partial charge is 0.494 e. The molecule has 6 rings (SSSR count). The number of hydrogen-bond acceptors (Lipinski definition) is 6. The van der Waals surface area contributed by atoms with E-state index >= 15 is 0 Å². The highest BCUT2D eigenvalue weighted by atomic mass is 19.1. The van der Waals surface area contributed by atoms with E-state index in [0.717, 1.165) is 54.2 Å². The highest BCUT2D eigenvalue weighted by Crippen LogP contribution is 2.41. The van der Waals surface area contributed by atoms with Crippen molar-refractivity contribution in [3.05, 3.63) is 60.3 Å². The average Bonchev–Trinajstić information content (AvgIpc) is 3.29. The molecular formula is C24H23FN6O2. The van der Waals surface area contributed by atoms with Gasteiger partial charge in [-0.25, -0.2) is 19.3 Å². The van der Waals surface area contributed by atoms with Crippen LogP contribution in [-0.2, 0) is 13.0 Å². The van der Waals surface area contributed by atoms with E-state index in [4.69, 9.17) is 9.97 Å². The van der Waals surface area contributed by atoms with Crippen LogP contribution in [0.3, 0.4) is 0 Å². The normalized spacial score (nSPS) is 17.3. The lowest BCUT2D eigenvalue weighted by Gasteiger charge is -2.19. The number of imidazole rings is 1. The topological polar surface area (TPSA) is 101 Å². The molecule has 0 spiro atoms. The number of benzene rings is 1. The van der Waals surface area contributed by atoms with Crippen LogP contribution in [0.15, 0.2) is 48.7 Å². The van der Waals surface area contributed by atoms with Crippen molar-refractivity contribution in [1.82, 2.24) is 24.1 Å². The van der Waals surface area contributed by atoms with Gasteiger partial charge in [0, 0.05) is 42.9 Å². The molecule has 2 aliphatic rings. The Hall–Kier alpha value is -3.88. The van der Waals surface area contributed by atoms with E-state index in [-0.39, 0.29) is 23.6 Å². The van der Waals surface area contributed by atoms with Crippen molar-refractivity contribution < 1.29 is 14.6 Å². The van der Waals surface area contributed by atoms with Gasteiger partial charge in [0.2, 0.25) is 5.95 Å². The van der Waals surface area contributed by atoms with Crippen molar-refractivity contribution >= 4 is 5.95 Å². The number of fused-ring (bicyclic) bond motifs is 1. The van der Waals surface area contributed by atoms with Crippen molar-refractivity contribution in [2.75, 3.05) is 5.32 Å². The van der Waals surface area contributed by atoms with E-state index in [1.807, 2.05) is 6.07 Å². The smallest absolute Gasteiger partial charge is 0.223 e. The Bertz CT molecular complexity index is 1310. The molecule has 1 atom stereocenters. The third-order valence-corrected chi connectivity index (χ3v) is 6.30. The fraction of sp³-hybridized carbons (Fsp3) is 0.292. The Kier molecular flexibility index (Phi) is 4.56. The first-order chi connectivity index (χ1) is 16.1. The Morgan fingerprint density at radius 2 is 1.73 bits per heavy atom. The average molecular weight is 446 g/mol. The van der Waals surface area contributed by atoms with E-state index in [0.29, 0.717) is 18.5 Å². The van der Waals surface area contributed by atoms with E-state index < -0.39 is 0 Å². The summed E-state index contributed by atoms with van der Waals surface area (Å²) < 4.78 is 17.2. The molecule has 3 aromatic heterocycles. The number of anilines is 1. The molecule has 9 heteroatoms. The molecule has 8 nitrogen and oxygen atoms in total. The van der Waals surface area contributed by atoms with Crippen molar-refractivity contribution in [3.63, 3.8) is 0 Å². The summed E-state index contributed by atoms with van der Waals surface area (Å²) >= 11 is 0. The zero-order valence-electron chi connectivity index (χ0n) is 17.8. The molecule has 1 aromatic carbocycles. The summed E-state index contributed by atoms with van der Waals surface area (Å²) in [5.74, 6) is 1.20.